The largest absolute Gasteiger partial charge is 0.359 e. The Morgan fingerprint density at radius 3 is 1.95 bits per heavy atom. The van der Waals surface area contributed by atoms with Crippen LogP contribution in [-0.4, -0.2) is 5.71 Å². The molecule has 0 aliphatic heterocycles. The first-order valence-electron chi connectivity index (χ1n) is 6.77. The molecule has 0 saturated heterocycles. The Morgan fingerprint density at radius 2 is 1.35 bits per heavy atom. The van der Waals surface area contributed by atoms with Crippen molar-refractivity contribution in [1.82, 2.24) is 0 Å². The standard InChI is InChI=1S/C18H20N2/c1-14(15(2)19-17-10-6-4-7-11-17)16(3)20-18-12-8-5-9-13-18/h4-13,19H,1-3H3/b15-14+,20-16+. The van der Waals surface area contributed by atoms with E-state index in [-0.39, 0.29) is 0 Å². The molecule has 102 valence electrons. The van der Waals surface area contributed by atoms with Crippen LogP contribution in [0.15, 0.2) is 76.9 Å². The maximum atomic E-state index is 4.64. The van der Waals surface area contributed by atoms with Crippen LogP contribution in [0.4, 0.5) is 11.4 Å². The van der Waals surface area contributed by atoms with Gasteiger partial charge in [-0.1, -0.05) is 36.4 Å². The second-order valence-electron chi connectivity index (χ2n) is 4.77. The van der Waals surface area contributed by atoms with Crippen molar-refractivity contribution in [2.75, 3.05) is 5.32 Å². The zero-order valence-corrected chi connectivity index (χ0v) is 12.2. The summed E-state index contributed by atoms with van der Waals surface area (Å²) >= 11 is 0. The molecule has 2 aromatic carbocycles. The molecule has 1 N–H and O–H groups in total. The lowest BCUT2D eigenvalue weighted by atomic mass is 10.1. The number of allylic oxidation sites excluding steroid dienone is 2. The number of hydrogen-bond donors (Lipinski definition) is 1. The summed E-state index contributed by atoms with van der Waals surface area (Å²) in [6.45, 7) is 6.21. The molecule has 2 nitrogen and oxygen atoms in total. The van der Waals surface area contributed by atoms with E-state index in [4.69, 9.17) is 0 Å². The fourth-order valence-corrected chi connectivity index (χ4v) is 1.88. The summed E-state index contributed by atoms with van der Waals surface area (Å²) < 4.78 is 0. The zero-order chi connectivity index (χ0) is 14.4. The third-order valence-electron chi connectivity index (χ3n) is 3.26. The van der Waals surface area contributed by atoms with Gasteiger partial charge in [0.1, 0.15) is 0 Å². The van der Waals surface area contributed by atoms with E-state index in [0.29, 0.717) is 0 Å². The third kappa shape index (κ3) is 3.82. The lowest BCUT2D eigenvalue weighted by molar-refractivity contribution is 1.30. The summed E-state index contributed by atoms with van der Waals surface area (Å²) in [7, 11) is 0. The van der Waals surface area contributed by atoms with Crippen molar-refractivity contribution in [1.29, 1.82) is 0 Å². The van der Waals surface area contributed by atoms with E-state index >= 15 is 0 Å². The molecule has 0 aliphatic carbocycles. The van der Waals surface area contributed by atoms with E-state index in [0.717, 1.165) is 28.4 Å². The van der Waals surface area contributed by atoms with Crippen LogP contribution < -0.4 is 5.32 Å². The number of aliphatic imine (C=N–C) groups is 1. The van der Waals surface area contributed by atoms with Gasteiger partial charge in [0.05, 0.1) is 5.69 Å². The number of anilines is 1. The summed E-state index contributed by atoms with van der Waals surface area (Å²) in [5.74, 6) is 0. The Labute approximate surface area is 120 Å². The summed E-state index contributed by atoms with van der Waals surface area (Å²) in [4.78, 5) is 4.64. The highest BCUT2D eigenvalue weighted by Crippen LogP contribution is 2.16. The SMILES string of the molecule is CC(=N\c1ccccc1)/C(C)=C(\C)Nc1ccccc1. The van der Waals surface area contributed by atoms with Gasteiger partial charge < -0.3 is 5.32 Å². The van der Waals surface area contributed by atoms with Crippen LogP contribution in [0, 0.1) is 0 Å². The topological polar surface area (TPSA) is 24.4 Å². The van der Waals surface area contributed by atoms with E-state index in [1.54, 1.807) is 0 Å². The number of hydrogen-bond acceptors (Lipinski definition) is 2. The van der Waals surface area contributed by atoms with Gasteiger partial charge in [-0.2, -0.15) is 0 Å². The van der Waals surface area contributed by atoms with Gasteiger partial charge in [-0.25, -0.2) is 0 Å². The van der Waals surface area contributed by atoms with Crippen molar-refractivity contribution in [3.05, 3.63) is 71.9 Å². The molecule has 0 saturated carbocycles. The number of para-hydroxylation sites is 2. The van der Waals surface area contributed by atoms with E-state index in [9.17, 15) is 0 Å². The van der Waals surface area contributed by atoms with Crippen LogP contribution in [-0.2, 0) is 0 Å². The van der Waals surface area contributed by atoms with Crippen LogP contribution in [0.5, 0.6) is 0 Å². The molecule has 0 spiro atoms. The predicted molar refractivity (Wildman–Crippen MR) is 87.6 cm³/mol. The minimum Gasteiger partial charge on any atom is -0.359 e. The second-order valence-corrected chi connectivity index (χ2v) is 4.77. The molecule has 0 aliphatic rings. The van der Waals surface area contributed by atoms with Gasteiger partial charge in [0.25, 0.3) is 0 Å². The van der Waals surface area contributed by atoms with E-state index in [1.165, 1.54) is 0 Å². The molecule has 0 radical (unpaired) electrons. The molecule has 0 atom stereocenters. The second kappa shape index (κ2) is 6.71. The molecule has 2 heteroatoms. The molecule has 0 bridgehead atoms. The number of nitrogens with zero attached hydrogens (tertiary/aromatic N) is 1. The minimum atomic E-state index is 0.983. The highest BCUT2D eigenvalue weighted by molar-refractivity contribution is 6.00. The summed E-state index contributed by atoms with van der Waals surface area (Å²) in [6, 6.07) is 20.2. The monoisotopic (exact) mass is 264 g/mol. The Morgan fingerprint density at radius 1 is 0.800 bits per heavy atom. The fraction of sp³-hybridized carbons (Fsp3) is 0.167. The fourth-order valence-electron chi connectivity index (χ4n) is 1.88. The highest BCUT2D eigenvalue weighted by atomic mass is 14.9. The quantitative estimate of drug-likeness (QED) is 0.755. The van der Waals surface area contributed by atoms with Gasteiger partial charge >= 0.3 is 0 Å². The van der Waals surface area contributed by atoms with Crippen LogP contribution in [0.2, 0.25) is 0 Å². The molecule has 2 aromatic rings. The first kappa shape index (κ1) is 14.1. The summed E-state index contributed by atoms with van der Waals surface area (Å²) in [6.07, 6.45) is 0. The molecule has 2 rings (SSSR count). The number of benzene rings is 2. The average molecular weight is 264 g/mol. The minimum absolute atomic E-state index is 0.983. The lowest BCUT2D eigenvalue weighted by Crippen LogP contribution is -2.04. The lowest BCUT2D eigenvalue weighted by Gasteiger charge is -2.11. The Balaban J connectivity index is 2.18. The first-order chi connectivity index (χ1) is 9.66. The molecular formula is C18H20N2. The van der Waals surface area contributed by atoms with E-state index in [1.807, 2.05) is 55.5 Å². The highest BCUT2D eigenvalue weighted by Gasteiger charge is 2.02. The molecule has 0 fully saturated rings. The Bertz CT molecular complexity index is 610. The molecule has 20 heavy (non-hydrogen) atoms. The maximum absolute atomic E-state index is 4.64. The van der Waals surface area contributed by atoms with Crippen molar-refractivity contribution < 1.29 is 0 Å². The molecule has 0 amide bonds. The van der Waals surface area contributed by atoms with Crippen molar-refractivity contribution in [2.24, 2.45) is 4.99 Å². The van der Waals surface area contributed by atoms with Crippen molar-refractivity contribution in [3.8, 4) is 0 Å². The normalized spacial score (nSPS) is 12.8. The third-order valence-corrected chi connectivity index (χ3v) is 3.26. The smallest absolute Gasteiger partial charge is 0.0632 e. The van der Waals surface area contributed by atoms with Gasteiger partial charge in [-0.05, 0) is 50.6 Å². The van der Waals surface area contributed by atoms with Crippen molar-refractivity contribution in [2.45, 2.75) is 20.8 Å². The summed E-state index contributed by atoms with van der Waals surface area (Å²) in [5.41, 5.74) is 5.39. The molecular weight excluding hydrogens is 244 g/mol. The van der Waals surface area contributed by atoms with E-state index < -0.39 is 0 Å². The predicted octanol–water partition coefficient (Wildman–Crippen LogP) is 5.19. The number of rotatable bonds is 4. The van der Waals surface area contributed by atoms with Crippen LogP contribution in [0.25, 0.3) is 0 Å². The van der Waals surface area contributed by atoms with Gasteiger partial charge in [0.2, 0.25) is 0 Å². The van der Waals surface area contributed by atoms with Crippen LogP contribution >= 0.6 is 0 Å². The molecule has 0 unspecified atom stereocenters. The zero-order valence-electron chi connectivity index (χ0n) is 12.2. The van der Waals surface area contributed by atoms with Gasteiger partial charge in [0, 0.05) is 17.1 Å². The first-order valence-corrected chi connectivity index (χ1v) is 6.77. The average Bonchev–Trinajstić information content (AvgIpc) is 2.48. The number of nitrogens with one attached hydrogen (secondary N) is 1. The Kier molecular flexibility index (Phi) is 4.72. The van der Waals surface area contributed by atoms with Crippen molar-refractivity contribution in [3.63, 3.8) is 0 Å². The molecule has 0 aromatic heterocycles. The van der Waals surface area contributed by atoms with Crippen LogP contribution in [0.3, 0.4) is 0 Å². The van der Waals surface area contributed by atoms with Crippen molar-refractivity contribution >= 4 is 17.1 Å². The van der Waals surface area contributed by atoms with Gasteiger partial charge in [0.15, 0.2) is 0 Å². The van der Waals surface area contributed by atoms with Gasteiger partial charge in [-0.3, -0.25) is 4.99 Å². The molecule has 0 heterocycles. The summed E-state index contributed by atoms with van der Waals surface area (Å²) in [5, 5.41) is 3.41. The van der Waals surface area contributed by atoms with Crippen LogP contribution in [0.1, 0.15) is 20.8 Å². The Hall–Kier alpha value is -2.35. The maximum Gasteiger partial charge on any atom is 0.0632 e. The van der Waals surface area contributed by atoms with Gasteiger partial charge in [-0.15, -0.1) is 0 Å². The van der Waals surface area contributed by atoms with E-state index in [2.05, 4.69) is 36.3 Å².